The molecule has 2 amide bonds. The molecule has 122 valence electrons. The first-order valence-electron chi connectivity index (χ1n) is 7.34. The van der Waals surface area contributed by atoms with E-state index in [1.807, 2.05) is 0 Å². The van der Waals surface area contributed by atoms with Crippen LogP contribution < -0.4 is 4.90 Å². The number of nitrogens with zero attached hydrogens (tertiary/aromatic N) is 2. The quantitative estimate of drug-likeness (QED) is 0.769. The standard InChI is InChI=1S/C16H22ClFN2O2/c1-4-5-9-19(3)16(22)8-10-20(12(2)21)13-6-7-15(18)14(17)11-13/h6-7,11H,4-5,8-10H2,1-3H3. The number of anilines is 1. The van der Waals surface area contributed by atoms with E-state index in [1.165, 1.54) is 30.0 Å². The van der Waals surface area contributed by atoms with Gasteiger partial charge in [0.15, 0.2) is 0 Å². The summed E-state index contributed by atoms with van der Waals surface area (Å²) in [6.45, 7) is 4.42. The van der Waals surface area contributed by atoms with Gasteiger partial charge in [0, 0.05) is 39.2 Å². The van der Waals surface area contributed by atoms with Crippen LogP contribution in [0, 0.1) is 5.82 Å². The van der Waals surface area contributed by atoms with Crippen molar-refractivity contribution in [3.63, 3.8) is 0 Å². The predicted octanol–water partition coefficient (Wildman–Crippen LogP) is 3.48. The normalized spacial score (nSPS) is 10.4. The van der Waals surface area contributed by atoms with Crippen molar-refractivity contribution in [2.45, 2.75) is 33.1 Å². The molecule has 0 unspecified atom stereocenters. The maximum absolute atomic E-state index is 13.2. The average molecular weight is 329 g/mol. The van der Waals surface area contributed by atoms with E-state index in [-0.39, 0.29) is 29.8 Å². The third kappa shape index (κ3) is 5.30. The number of rotatable bonds is 7. The Hall–Kier alpha value is -1.62. The molecule has 0 heterocycles. The van der Waals surface area contributed by atoms with E-state index in [0.29, 0.717) is 12.2 Å². The van der Waals surface area contributed by atoms with E-state index in [9.17, 15) is 14.0 Å². The van der Waals surface area contributed by atoms with Gasteiger partial charge in [0.2, 0.25) is 11.8 Å². The summed E-state index contributed by atoms with van der Waals surface area (Å²) < 4.78 is 13.2. The van der Waals surface area contributed by atoms with Crippen LogP contribution >= 0.6 is 11.6 Å². The maximum atomic E-state index is 13.2. The highest BCUT2D eigenvalue weighted by molar-refractivity contribution is 6.31. The molecule has 0 N–H and O–H groups in total. The molecular formula is C16H22ClFN2O2. The lowest BCUT2D eigenvalue weighted by atomic mass is 10.2. The third-order valence-corrected chi connectivity index (χ3v) is 3.71. The van der Waals surface area contributed by atoms with Gasteiger partial charge in [0.05, 0.1) is 5.02 Å². The molecule has 6 heteroatoms. The Labute approximate surface area is 135 Å². The van der Waals surface area contributed by atoms with Gasteiger partial charge < -0.3 is 9.80 Å². The SMILES string of the molecule is CCCCN(C)C(=O)CCN(C(C)=O)c1ccc(F)c(Cl)c1. The van der Waals surface area contributed by atoms with Crippen LogP contribution in [0.4, 0.5) is 10.1 Å². The second kappa shape index (κ2) is 8.73. The summed E-state index contributed by atoms with van der Waals surface area (Å²) >= 11 is 5.74. The summed E-state index contributed by atoms with van der Waals surface area (Å²) in [6.07, 6.45) is 2.19. The molecule has 4 nitrogen and oxygen atoms in total. The Kier molecular flexibility index (Phi) is 7.32. The lowest BCUT2D eigenvalue weighted by molar-refractivity contribution is -0.129. The molecule has 0 saturated carbocycles. The van der Waals surface area contributed by atoms with Crippen molar-refractivity contribution in [1.29, 1.82) is 0 Å². The van der Waals surface area contributed by atoms with Gasteiger partial charge in [-0.2, -0.15) is 0 Å². The molecule has 22 heavy (non-hydrogen) atoms. The summed E-state index contributed by atoms with van der Waals surface area (Å²) in [7, 11) is 1.75. The Morgan fingerprint density at radius 3 is 2.50 bits per heavy atom. The summed E-state index contributed by atoms with van der Waals surface area (Å²) in [5, 5.41) is -0.0462. The molecule has 0 aromatic heterocycles. The molecular weight excluding hydrogens is 307 g/mol. The minimum absolute atomic E-state index is 0.0205. The van der Waals surface area contributed by atoms with Crippen LogP contribution in [0.15, 0.2) is 18.2 Å². The number of unbranched alkanes of at least 4 members (excludes halogenated alkanes) is 1. The smallest absolute Gasteiger partial charge is 0.224 e. The van der Waals surface area contributed by atoms with E-state index in [0.717, 1.165) is 12.8 Å². The molecule has 0 aliphatic carbocycles. The van der Waals surface area contributed by atoms with E-state index < -0.39 is 5.82 Å². The number of carbonyl (C=O) groups excluding carboxylic acids is 2. The first-order valence-corrected chi connectivity index (χ1v) is 7.71. The van der Waals surface area contributed by atoms with Crippen molar-refractivity contribution in [3.8, 4) is 0 Å². The monoisotopic (exact) mass is 328 g/mol. The molecule has 0 spiro atoms. The summed E-state index contributed by atoms with van der Waals surface area (Å²) in [5.41, 5.74) is 0.489. The highest BCUT2D eigenvalue weighted by Gasteiger charge is 2.16. The van der Waals surface area contributed by atoms with Crippen LogP contribution in [0.25, 0.3) is 0 Å². The van der Waals surface area contributed by atoms with Gasteiger partial charge >= 0.3 is 0 Å². The van der Waals surface area contributed by atoms with Crippen molar-refractivity contribution in [3.05, 3.63) is 29.0 Å². The van der Waals surface area contributed by atoms with Gasteiger partial charge in [0.1, 0.15) is 5.82 Å². The van der Waals surface area contributed by atoms with Crippen LogP contribution in [-0.4, -0.2) is 36.9 Å². The summed E-state index contributed by atoms with van der Waals surface area (Å²) in [5.74, 6) is -0.774. The van der Waals surface area contributed by atoms with Crippen molar-refractivity contribution in [2.24, 2.45) is 0 Å². The first-order chi connectivity index (χ1) is 10.4. The van der Waals surface area contributed by atoms with Crippen LogP contribution in [0.5, 0.6) is 0 Å². The lowest BCUT2D eigenvalue weighted by Crippen LogP contribution is -2.35. The molecule has 0 saturated heterocycles. The highest BCUT2D eigenvalue weighted by atomic mass is 35.5. The van der Waals surface area contributed by atoms with Gasteiger partial charge in [-0.15, -0.1) is 0 Å². The van der Waals surface area contributed by atoms with Crippen LogP contribution in [0.2, 0.25) is 5.02 Å². The zero-order valence-electron chi connectivity index (χ0n) is 13.2. The predicted molar refractivity (Wildman–Crippen MR) is 86.6 cm³/mol. The number of halogens is 2. The van der Waals surface area contributed by atoms with Crippen LogP contribution in [0.1, 0.15) is 33.1 Å². The average Bonchev–Trinajstić information content (AvgIpc) is 2.47. The Morgan fingerprint density at radius 1 is 1.27 bits per heavy atom. The Balaban J connectivity index is 2.71. The Morgan fingerprint density at radius 2 is 1.95 bits per heavy atom. The van der Waals surface area contributed by atoms with Crippen molar-refractivity contribution in [2.75, 3.05) is 25.0 Å². The topological polar surface area (TPSA) is 40.6 Å². The minimum atomic E-state index is -0.538. The maximum Gasteiger partial charge on any atom is 0.224 e. The van der Waals surface area contributed by atoms with E-state index in [4.69, 9.17) is 11.6 Å². The lowest BCUT2D eigenvalue weighted by Gasteiger charge is -2.23. The van der Waals surface area contributed by atoms with E-state index in [2.05, 4.69) is 6.92 Å². The van der Waals surface area contributed by atoms with Crippen LogP contribution in [-0.2, 0) is 9.59 Å². The van der Waals surface area contributed by atoms with Gasteiger partial charge in [-0.25, -0.2) is 4.39 Å². The molecule has 1 aromatic rings. The molecule has 0 aliphatic heterocycles. The van der Waals surface area contributed by atoms with E-state index >= 15 is 0 Å². The molecule has 0 bridgehead atoms. The number of amides is 2. The second-order valence-corrected chi connectivity index (χ2v) is 5.60. The van der Waals surface area contributed by atoms with Gasteiger partial charge in [-0.1, -0.05) is 24.9 Å². The zero-order chi connectivity index (χ0) is 16.7. The number of hydrogen-bond donors (Lipinski definition) is 0. The summed E-state index contributed by atoms with van der Waals surface area (Å²) in [6, 6.07) is 4.08. The number of carbonyl (C=O) groups is 2. The van der Waals surface area contributed by atoms with Crippen LogP contribution in [0.3, 0.4) is 0 Å². The minimum Gasteiger partial charge on any atom is -0.346 e. The molecule has 1 rings (SSSR count). The van der Waals surface area contributed by atoms with Gasteiger partial charge in [0.25, 0.3) is 0 Å². The largest absolute Gasteiger partial charge is 0.346 e. The molecule has 0 radical (unpaired) electrons. The van der Waals surface area contributed by atoms with Gasteiger partial charge in [-0.3, -0.25) is 9.59 Å². The fourth-order valence-electron chi connectivity index (χ4n) is 2.04. The number of hydrogen-bond acceptors (Lipinski definition) is 2. The second-order valence-electron chi connectivity index (χ2n) is 5.19. The molecule has 1 aromatic carbocycles. The van der Waals surface area contributed by atoms with Gasteiger partial charge in [-0.05, 0) is 24.6 Å². The summed E-state index contributed by atoms with van der Waals surface area (Å²) in [4.78, 5) is 26.9. The number of benzene rings is 1. The van der Waals surface area contributed by atoms with E-state index in [1.54, 1.807) is 11.9 Å². The zero-order valence-corrected chi connectivity index (χ0v) is 14.0. The van der Waals surface area contributed by atoms with Crippen molar-refractivity contribution in [1.82, 2.24) is 4.90 Å². The fourth-order valence-corrected chi connectivity index (χ4v) is 2.21. The molecule has 0 aliphatic rings. The van der Waals surface area contributed by atoms with Crippen molar-refractivity contribution >= 4 is 29.1 Å². The first kappa shape index (κ1) is 18.4. The highest BCUT2D eigenvalue weighted by Crippen LogP contribution is 2.23. The van der Waals surface area contributed by atoms with Crippen molar-refractivity contribution < 1.29 is 14.0 Å². The third-order valence-electron chi connectivity index (χ3n) is 3.42. The Bertz CT molecular complexity index is 537. The molecule has 0 atom stereocenters. The fraction of sp³-hybridized carbons (Fsp3) is 0.500. The molecule has 0 fully saturated rings.